The minimum atomic E-state index is -2.86. The first-order chi connectivity index (χ1) is 6.87. The van der Waals surface area contributed by atoms with Crippen LogP contribution in [-0.4, -0.2) is 48.6 Å². The fraction of sp³-hybridized carbons (Fsp3) is 0.778. The maximum atomic E-state index is 13.1. The molecule has 1 heterocycles. The van der Waals surface area contributed by atoms with E-state index >= 15 is 0 Å². The summed E-state index contributed by atoms with van der Waals surface area (Å²) in [6, 6.07) is -0.749. The van der Waals surface area contributed by atoms with Crippen molar-refractivity contribution < 1.29 is 13.6 Å². The number of hydrogen-bond acceptors (Lipinski definition) is 3. The smallest absolute Gasteiger partial charge is 0.267 e. The second kappa shape index (κ2) is 4.22. The van der Waals surface area contributed by atoms with Crippen molar-refractivity contribution in [1.29, 1.82) is 5.41 Å². The van der Waals surface area contributed by atoms with Gasteiger partial charge in [0.1, 0.15) is 0 Å². The molecule has 1 aliphatic heterocycles. The molecule has 0 aliphatic carbocycles. The van der Waals surface area contributed by atoms with Crippen molar-refractivity contribution in [2.24, 2.45) is 0 Å². The van der Waals surface area contributed by atoms with Crippen molar-refractivity contribution in [2.45, 2.75) is 25.3 Å². The molecule has 1 unspecified atom stereocenters. The predicted molar refractivity (Wildman–Crippen MR) is 52.4 cm³/mol. The SMILES string of the molecule is CNCC(=O)N1CC(F)(F)CC1C(C)=N. The third kappa shape index (κ3) is 2.71. The highest BCUT2D eigenvalue weighted by Gasteiger charge is 2.47. The van der Waals surface area contributed by atoms with Gasteiger partial charge in [0.05, 0.1) is 19.1 Å². The van der Waals surface area contributed by atoms with E-state index in [0.717, 1.165) is 4.90 Å². The lowest BCUT2D eigenvalue weighted by atomic mass is 10.1. The van der Waals surface area contributed by atoms with Crippen molar-refractivity contribution >= 4 is 11.6 Å². The van der Waals surface area contributed by atoms with Crippen LogP contribution in [0, 0.1) is 5.41 Å². The molecule has 0 aromatic carbocycles. The number of hydrogen-bond donors (Lipinski definition) is 2. The molecule has 1 rings (SSSR count). The number of likely N-dealkylation sites (tertiary alicyclic amines) is 1. The Bertz CT molecular complexity index is 281. The highest BCUT2D eigenvalue weighted by molar-refractivity contribution is 5.90. The number of alkyl halides is 2. The largest absolute Gasteiger partial charge is 0.327 e. The van der Waals surface area contributed by atoms with Gasteiger partial charge in [0.2, 0.25) is 5.91 Å². The zero-order chi connectivity index (χ0) is 11.6. The Kier molecular flexibility index (Phi) is 3.38. The van der Waals surface area contributed by atoms with Gasteiger partial charge in [0.15, 0.2) is 0 Å². The molecule has 6 heteroatoms. The molecule has 0 saturated carbocycles. The number of carbonyl (C=O) groups excluding carboxylic acids is 1. The number of amides is 1. The van der Waals surface area contributed by atoms with E-state index in [4.69, 9.17) is 5.41 Å². The van der Waals surface area contributed by atoms with E-state index < -0.39 is 24.9 Å². The molecular formula is C9H15F2N3O. The number of halogens is 2. The monoisotopic (exact) mass is 219 g/mol. The Labute approximate surface area is 87.1 Å². The second-order valence-electron chi connectivity index (χ2n) is 3.81. The number of carbonyl (C=O) groups is 1. The summed E-state index contributed by atoms with van der Waals surface area (Å²) in [5.74, 6) is -3.25. The molecule has 86 valence electrons. The summed E-state index contributed by atoms with van der Waals surface area (Å²) in [6.45, 7) is 0.903. The van der Waals surface area contributed by atoms with Crippen LogP contribution in [0.5, 0.6) is 0 Å². The first-order valence-corrected chi connectivity index (χ1v) is 4.74. The number of nitrogens with zero attached hydrogens (tertiary/aromatic N) is 1. The Morgan fingerprint density at radius 1 is 1.67 bits per heavy atom. The highest BCUT2D eigenvalue weighted by atomic mass is 19.3. The predicted octanol–water partition coefficient (Wildman–Crippen LogP) is 0.482. The molecule has 0 aromatic rings. The summed E-state index contributed by atoms with van der Waals surface area (Å²) in [4.78, 5) is 12.6. The Hall–Kier alpha value is -1.04. The molecule has 1 amide bonds. The topological polar surface area (TPSA) is 56.2 Å². The van der Waals surface area contributed by atoms with Gasteiger partial charge in [-0.25, -0.2) is 8.78 Å². The van der Waals surface area contributed by atoms with Crippen LogP contribution in [0.2, 0.25) is 0 Å². The third-order valence-corrected chi connectivity index (χ3v) is 2.42. The Balaban J connectivity index is 2.77. The minimum Gasteiger partial charge on any atom is -0.327 e. The summed E-state index contributed by atoms with van der Waals surface area (Å²) in [7, 11) is 1.58. The van der Waals surface area contributed by atoms with E-state index in [9.17, 15) is 13.6 Å². The average Bonchev–Trinajstić information content (AvgIpc) is 2.42. The van der Waals surface area contributed by atoms with Crippen molar-refractivity contribution in [3.05, 3.63) is 0 Å². The maximum Gasteiger partial charge on any atom is 0.267 e. The van der Waals surface area contributed by atoms with Gasteiger partial charge in [0.25, 0.3) is 5.92 Å². The molecule has 1 saturated heterocycles. The van der Waals surface area contributed by atoms with Crippen LogP contribution in [0.1, 0.15) is 13.3 Å². The highest BCUT2D eigenvalue weighted by Crippen LogP contribution is 2.32. The molecule has 0 aromatic heterocycles. The fourth-order valence-corrected chi connectivity index (χ4v) is 1.72. The van der Waals surface area contributed by atoms with Crippen molar-refractivity contribution in [3.8, 4) is 0 Å². The Morgan fingerprint density at radius 3 is 2.73 bits per heavy atom. The van der Waals surface area contributed by atoms with Crippen LogP contribution < -0.4 is 5.32 Å². The summed E-state index contributed by atoms with van der Waals surface area (Å²) >= 11 is 0. The van der Waals surface area contributed by atoms with Crippen molar-refractivity contribution in [1.82, 2.24) is 10.2 Å². The molecule has 1 aliphatic rings. The average molecular weight is 219 g/mol. The quantitative estimate of drug-likeness (QED) is 0.678. The number of nitrogens with one attached hydrogen (secondary N) is 2. The first-order valence-electron chi connectivity index (χ1n) is 4.74. The molecule has 0 radical (unpaired) electrons. The van der Waals surface area contributed by atoms with Gasteiger partial charge in [-0.2, -0.15) is 0 Å². The number of rotatable bonds is 3. The van der Waals surface area contributed by atoms with Gasteiger partial charge in [-0.3, -0.25) is 4.79 Å². The summed E-state index contributed by atoms with van der Waals surface area (Å²) < 4.78 is 26.2. The summed E-state index contributed by atoms with van der Waals surface area (Å²) in [5, 5.41) is 10.0. The van der Waals surface area contributed by atoms with Crippen LogP contribution >= 0.6 is 0 Å². The molecule has 15 heavy (non-hydrogen) atoms. The van der Waals surface area contributed by atoms with Crippen LogP contribution in [0.4, 0.5) is 8.78 Å². The van der Waals surface area contributed by atoms with Crippen molar-refractivity contribution in [2.75, 3.05) is 20.1 Å². The zero-order valence-corrected chi connectivity index (χ0v) is 8.81. The van der Waals surface area contributed by atoms with Crippen LogP contribution in [0.3, 0.4) is 0 Å². The van der Waals surface area contributed by atoms with E-state index in [2.05, 4.69) is 5.32 Å². The molecule has 1 atom stereocenters. The normalized spacial score (nSPS) is 24.3. The summed E-state index contributed by atoms with van der Waals surface area (Å²) in [6.07, 6.45) is -0.433. The lowest BCUT2D eigenvalue weighted by Gasteiger charge is -2.22. The van der Waals surface area contributed by atoms with Crippen LogP contribution in [0.15, 0.2) is 0 Å². The van der Waals surface area contributed by atoms with Gasteiger partial charge >= 0.3 is 0 Å². The molecule has 0 bridgehead atoms. The fourth-order valence-electron chi connectivity index (χ4n) is 1.72. The van der Waals surface area contributed by atoms with Gasteiger partial charge < -0.3 is 15.6 Å². The van der Waals surface area contributed by atoms with E-state index in [0.29, 0.717) is 0 Å². The summed E-state index contributed by atoms with van der Waals surface area (Å²) in [5.41, 5.74) is 0.108. The van der Waals surface area contributed by atoms with E-state index in [1.54, 1.807) is 7.05 Å². The van der Waals surface area contributed by atoms with E-state index in [-0.39, 0.29) is 18.2 Å². The molecule has 2 N–H and O–H groups in total. The lowest BCUT2D eigenvalue weighted by Crippen LogP contribution is -2.43. The first kappa shape index (κ1) is 12.0. The lowest BCUT2D eigenvalue weighted by molar-refractivity contribution is -0.131. The second-order valence-corrected chi connectivity index (χ2v) is 3.81. The van der Waals surface area contributed by atoms with Crippen LogP contribution in [0.25, 0.3) is 0 Å². The van der Waals surface area contributed by atoms with Gasteiger partial charge in [-0.05, 0) is 14.0 Å². The van der Waals surface area contributed by atoms with Gasteiger partial charge in [0, 0.05) is 12.1 Å². The number of likely N-dealkylation sites (N-methyl/N-ethyl adjacent to an activating group) is 1. The van der Waals surface area contributed by atoms with Crippen LogP contribution in [-0.2, 0) is 4.79 Å². The minimum absolute atomic E-state index is 0.0276. The molecule has 4 nitrogen and oxygen atoms in total. The van der Waals surface area contributed by atoms with E-state index in [1.165, 1.54) is 6.92 Å². The van der Waals surface area contributed by atoms with Gasteiger partial charge in [-0.1, -0.05) is 0 Å². The third-order valence-electron chi connectivity index (χ3n) is 2.42. The standard InChI is InChI=1S/C9H15F2N3O/c1-6(12)7-3-9(10,11)5-14(7)8(15)4-13-2/h7,12-13H,3-5H2,1-2H3. The zero-order valence-electron chi connectivity index (χ0n) is 8.81. The molecular weight excluding hydrogens is 204 g/mol. The Morgan fingerprint density at radius 2 is 2.27 bits per heavy atom. The molecule has 1 fully saturated rings. The maximum absolute atomic E-state index is 13.1. The van der Waals surface area contributed by atoms with Gasteiger partial charge in [-0.15, -0.1) is 0 Å². The molecule has 0 spiro atoms. The van der Waals surface area contributed by atoms with E-state index in [1.807, 2.05) is 0 Å². The van der Waals surface area contributed by atoms with Crippen molar-refractivity contribution in [3.63, 3.8) is 0 Å².